The summed E-state index contributed by atoms with van der Waals surface area (Å²) in [6.07, 6.45) is 9.59. The van der Waals surface area contributed by atoms with Crippen molar-refractivity contribution in [3.05, 3.63) is 35.9 Å². The summed E-state index contributed by atoms with van der Waals surface area (Å²) in [4.78, 5) is 15.0. The molecule has 1 aliphatic heterocycles. The molecule has 1 saturated carbocycles. The van der Waals surface area contributed by atoms with E-state index in [0.29, 0.717) is 18.4 Å². The molecule has 2 aliphatic rings. The molecule has 1 N–H and O–H groups in total. The standard InChI is InChI=1S/C20H30N2O/c23-20(15-17-9-3-1-4-10-17)21-19-12-6-5-11-18(19)16-22-13-7-2-8-14-22/h1,3-4,9-10,18-19H,2,5-8,11-16H2,(H,21,23)/t18-,19+/m0/s1. The van der Waals surface area contributed by atoms with Gasteiger partial charge in [-0.3, -0.25) is 4.79 Å². The first-order valence-electron chi connectivity index (χ1n) is 9.37. The minimum absolute atomic E-state index is 0.187. The fraction of sp³-hybridized carbons (Fsp3) is 0.650. The molecule has 2 fully saturated rings. The van der Waals surface area contributed by atoms with E-state index in [9.17, 15) is 4.79 Å². The molecule has 1 aliphatic carbocycles. The van der Waals surface area contributed by atoms with Gasteiger partial charge >= 0.3 is 0 Å². The van der Waals surface area contributed by atoms with Gasteiger partial charge in [0.2, 0.25) is 5.91 Å². The van der Waals surface area contributed by atoms with Crippen LogP contribution < -0.4 is 5.32 Å². The number of nitrogens with one attached hydrogen (secondary N) is 1. The summed E-state index contributed by atoms with van der Waals surface area (Å²) in [6, 6.07) is 10.4. The van der Waals surface area contributed by atoms with Crippen LogP contribution in [0.25, 0.3) is 0 Å². The molecule has 0 radical (unpaired) electrons. The van der Waals surface area contributed by atoms with E-state index in [4.69, 9.17) is 0 Å². The van der Waals surface area contributed by atoms with Crippen molar-refractivity contribution >= 4 is 5.91 Å². The maximum absolute atomic E-state index is 12.4. The first kappa shape index (κ1) is 16.5. The van der Waals surface area contributed by atoms with Gasteiger partial charge in [-0.05, 0) is 50.3 Å². The summed E-state index contributed by atoms with van der Waals surface area (Å²) < 4.78 is 0. The van der Waals surface area contributed by atoms with Crippen molar-refractivity contribution in [2.75, 3.05) is 19.6 Å². The van der Waals surface area contributed by atoms with Gasteiger partial charge in [-0.2, -0.15) is 0 Å². The van der Waals surface area contributed by atoms with Crippen LogP contribution in [-0.4, -0.2) is 36.5 Å². The number of hydrogen-bond acceptors (Lipinski definition) is 2. The quantitative estimate of drug-likeness (QED) is 0.903. The molecule has 1 amide bonds. The number of amides is 1. The molecule has 1 saturated heterocycles. The Morgan fingerprint density at radius 3 is 2.52 bits per heavy atom. The van der Waals surface area contributed by atoms with Crippen molar-refractivity contribution in [1.82, 2.24) is 10.2 Å². The molecule has 23 heavy (non-hydrogen) atoms. The first-order valence-corrected chi connectivity index (χ1v) is 9.37. The first-order chi connectivity index (χ1) is 11.3. The minimum Gasteiger partial charge on any atom is -0.353 e. The van der Waals surface area contributed by atoms with Crippen molar-refractivity contribution in [3.8, 4) is 0 Å². The van der Waals surface area contributed by atoms with Crippen molar-refractivity contribution in [3.63, 3.8) is 0 Å². The van der Waals surface area contributed by atoms with Crippen LogP contribution in [-0.2, 0) is 11.2 Å². The van der Waals surface area contributed by atoms with E-state index >= 15 is 0 Å². The highest BCUT2D eigenvalue weighted by atomic mass is 16.1. The van der Waals surface area contributed by atoms with Crippen LogP contribution in [0.5, 0.6) is 0 Å². The summed E-state index contributed by atoms with van der Waals surface area (Å²) in [6.45, 7) is 3.68. The average molecular weight is 314 g/mol. The van der Waals surface area contributed by atoms with Gasteiger partial charge in [-0.15, -0.1) is 0 Å². The molecule has 2 atom stereocenters. The number of carbonyl (C=O) groups excluding carboxylic acids is 1. The fourth-order valence-corrected chi connectivity index (χ4v) is 4.13. The number of piperidine rings is 1. The SMILES string of the molecule is O=C(Cc1ccccc1)N[C@@H]1CCCC[C@H]1CN1CCCCC1. The average Bonchev–Trinajstić information content (AvgIpc) is 2.58. The monoisotopic (exact) mass is 314 g/mol. The van der Waals surface area contributed by atoms with Crippen LogP contribution in [0.1, 0.15) is 50.5 Å². The highest BCUT2D eigenvalue weighted by molar-refractivity contribution is 5.78. The summed E-state index contributed by atoms with van der Waals surface area (Å²) in [5.74, 6) is 0.827. The highest BCUT2D eigenvalue weighted by Crippen LogP contribution is 2.26. The number of rotatable bonds is 5. The molecule has 3 heteroatoms. The lowest BCUT2D eigenvalue weighted by Gasteiger charge is -2.37. The normalized spacial score (nSPS) is 25.9. The van der Waals surface area contributed by atoms with Crippen LogP contribution in [0.2, 0.25) is 0 Å². The van der Waals surface area contributed by atoms with Gasteiger partial charge < -0.3 is 10.2 Å². The predicted molar refractivity (Wildman–Crippen MR) is 94.3 cm³/mol. The Morgan fingerprint density at radius 2 is 1.74 bits per heavy atom. The molecule has 3 rings (SSSR count). The van der Waals surface area contributed by atoms with E-state index in [-0.39, 0.29) is 5.91 Å². The zero-order valence-corrected chi connectivity index (χ0v) is 14.2. The van der Waals surface area contributed by atoms with Crippen molar-refractivity contribution in [2.45, 2.75) is 57.4 Å². The van der Waals surface area contributed by atoms with E-state index in [0.717, 1.165) is 12.0 Å². The smallest absolute Gasteiger partial charge is 0.224 e. The molecule has 1 heterocycles. The molecule has 3 nitrogen and oxygen atoms in total. The fourth-order valence-electron chi connectivity index (χ4n) is 4.13. The summed E-state index contributed by atoms with van der Waals surface area (Å²) in [5.41, 5.74) is 1.10. The Bertz CT molecular complexity index is 482. The third kappa shape index (κ3) is 5.07. The van der Waals surface area contributed by atoms with E-state index in [1.54, 1.807) is 0 Å². The molecule has 0 spiro atoms. The maximum Gasteiger partial charge on any atom is 0.224 e. The third-order valence-electron chi connectivity index (χ3n) is 5.40. The lowest BCUT2D eigenvalue weighted by molar-refractivity contribution is -0.121. The number of likely N-dealkylation sites (tertiary alicyclic amines) is 1. The zero-order valence-electron chi connectivity index (χ0n) is 14.2. The number of benzene rings is 1. The molecule has 0 unspecified atom stereocenters. The van der Waals surface area contributed by atoms with Crippen molar-refractivity contribution in [2.24, 2.45) is 5.92 Å². The number of carbonyl (C=O) groups is 1. The van der Waals surface area contributed by atoms with Gasteiger partial charge in [0.05, 0.1) is 6.42 Å². The summed E-state index contributed by atoms with van der Waals surface area (Å²) in [5, 5.41) is 3.34. The Balaban J connectivity index is 1.52. The van der Waals surface area contributed by atoms with Crippen LogP contribution in [0.15, 0.2) is 30.3 Å². The zero-order chi connectivity index (χ0) is 15.9. The van der Waals surface area contributed by atoms with Gasteiger partial charge in [0.1, 0.15) is 0 Å². The van der Waals surface area contributed by atoms with Crippen LogP contribution in [0, 0.1) is 5.92 Å². The van der Waals surface area contributed by atoms with Crippen molar-refractivity contribution in [1.29, 1.82) is 0 Å². The predicted octanol–water partition coefficient (Wildman–Crippen LogP) is 3.39. The number of nitrogens with zero attached hydrogens (tertiary/aromatic N) is 1. The molecular weight excluding hydrogens is 284 g/mol. The van der Waals surface area contributed by atoms with Crippen LogP contribution in [0.4, 0.5) is 0 Å². The van der Waals surface area contributed by atoms with Crippen LogP contribution >= 0.6 is 0 Å². The Morgan fingerprint density at radius 1 is 1.00 bits per heavy atom. The van der Waals surface area contributed by atoms with Gasteiger partial charge in [0.15, 0.2) is 0 Å². The van der Waals surface area contributed by atoms with Crippen molar-refractivity contribution < 1.29 is 4.79 Å². The molecule has 0 aromatic heterocycles. The number of hydrogen-bond donors (Lipinski definition) is 1. The van der Waals surface area contributed by atoms with E-state index in [1.165, 1.54) is 58.2 Å². The molecule has 1 aromatic carbocycles. The maximum atomic E-state index is 12.4. The lowest BCUT2D eigenvalue weighted by Crippen LogP contribution is -2.47. The Kier molecular flexibility index (Phi) is 6.09. The Hall–Kier alpha value is -1.35. The van der Waals surface area contributed by atoms with Gasteiger partial charge in [-0.1, -0.05) is 49.6 Å². The third-order valence-corrected chi connectivity index (χ3v) is 5.40. The second kappa shape index (κ2) is 8.49. The molecule has 1 aromatic rings. The van der Waals surface area contributed by atoms with E-state index in [1.807, 2.05) is 30.3 Å². The second-order valence-corrected chi connectivity index (χ2v) is 7.24. The molecule has 126 valence electrons. The molecule has 0 bridgehead atoms. The van der Waals surface area contributed by atoms with Gasteiger partial charge in [0, 0.05) is 12.6 Å². The minimum atomic E-state index is 0.187. The van der Waals surface area contributed by atoms with Gasteiger partial charge in [0.25, 0.3) is 0 Å². The summed E-state index contributed by atoms with van der Waals surface area (Å²) in [7, 11) is 0. The molecular formula is C20H30N2O. The van der Waals surface area contributed by atoms with Gasteiger partial charge in [-0.25, -0.2) is 0 Å². The lowest BCUT2D eigenvalue weighted by atomic mass is 9.83. The largest absolute Gasteiger partial charge is 0.353 e. The topological polar surface area (TPSA) is 32.3 Å². The summed E-state index contributed by atoms with van der Waals surface area (Å²) >= 11 is 0. The van der Waals surface area contributed by atoms with Crippen LogP contribution in [0.3, 0.4) is 0 Å². The van der Waals surface area contributed by atoms with E-state index < -0.39 is 0 Å². The Labute approximate surface area is 140 Å². The second-order valence-electron chi connectivity index (χ2n) is 7.24. The highest BCUT2D eigenvalue weighted by Gasteiger charge is 2.28. The van der Waals surface area contributed by atoms with E-state index in [2.05, 4.69) is 10.2 Å².